The maximum absolute atomic E-state index is 12.2. The normalized spacial score (nSPS) is 16.9. The standard InChI is InChI=1S/C19H33NO3Si/c1-19(2,3)24(5,6)13-9-12-16(18(22)23-4)20-17(21)14-15-10-7-8-11-15/h15-16H,7-8,10-12,14H2,1-6H3,(H,20,21)/t16-/m1/s1. The average molecular weight is 352 g/mol. The molecule has 0 radical (unpaired) electrons. The number of ether oxygens (including phenoxy) is 1. The number of amides is 1. The molecular weight excluding hydrogens is 318 g/mol. The summed E-state index contributed by atoms with van der Waals surface area (Å²) in [5.74, 6) is 3.12. The van der Waals surface area contributed by atoms with Gasteiger partial charge in [-0.3, -0.25) is 4.79 Å². The molecule has 0 heterocycles. The lowest BCUT2D eigenvalue weighted by molar-refractivity contribution is -0.145. The van der Waals surface area contributed by atoms with E-state index < -0.39 is 20.1 Å². The molecule has 24 heavy (non-hydrogen) atoms. The molecule has 136 valence electrons. The van der Waals surface area contributed by atoms with Crippen molar-refractivity contribution in [1.82, 2.24) is 5.32 Å². The summed E-state index contributed by atoms with van der Waals surface area (Å²) in [6.45, 7) is 11.1. The Kier molecular flexibility index (Phi) is 7.53. The number of nitrogens with one attached hydrogen (secondary N) is 1. The zero-order chi connectivity index (χ0) is 18.4. The van der Waals surface area contributed by atoms with Gasteiger partial charge in [-0.2, -0.15) is 0 Å². The molecule has 0 aromatic rings. The molecule has 0 aromatic heterocycles. The van der Waals surface area contributed by atoms with Crippen LogP contribution in [0.25, 0.3) is 0 Å². The van der Waals surface area contributed by atoms with E-state index >= 15 is 0 Å². The van der Waals surface area contributed by atoms with E-state index in [1.165, 1.54) is 20.0 Å². The van der Waals surface area contributed by atoms with Crippen molar-refractivity contribution in [3.8, 4) is 11.5 Å². The average Bonchev–Trinajstić information content (AvgIpc) is 2.96. The van der Waals surface area contributed by atoms with Gasteiger partial charge < -0.3 is 10.1 Å². The van der Waals surface area contributed by atoms with Gasteiger partial charge in [0.15, 0.2) is 0 Å². The number of methoxy groups -OCH3 is 1. The summed E-state index contributed by atoms with van der Waals surface area (Å²) in [6, 6.07) is -0.666. The Morgan fingerprint density at radius 2 is 1.83 bits per heavy atom. The molecule has 0 saturated heterocycles. The molecule has 1 aliphatic carbocycles. The van der Waals surface area contributed by atoms with E-state index in [-0.39, 0.29) is 10.9 Å². The third-order valence-corrected chi connectivity index (χ3v) is 9.90. The monoisotopic (exact) mass is 351 g/mol. The summed E-state index contributed by atoms with van der Waals surface area (Å²) in [4.78, 5) is 24.1. The minimum Gasteiger partial charge on any atom is -0.467 e. The number of esters is 1. The maximum Gasteiger partial charge on any atom is 0.329 e. The molecule has 1 atom stereocenters. The third kappa shape index (κ3) is 6.31. The van der Waals surface area contributed by atoms with Crippen LogP contribution in [0.2, 0.25) is 18.1 Å². The minimum atomic E-state index is -1.71. The molecule has 0 unspecified atom stereocenters. The smallest absolute Gasteiger partial charge is 0.329 e. The van der Waals surface area contributed by atoms with E-state index in [0.717, 1.165) is 12.8 Å². The van der Waals surface area contributed by atoms with Crippen molar-refractivity contribution < 1.29 is 14.3 Å². The summed E-state index contributed by atoms with van der Waals surface area (Å²) in [7, 11) is -0.365. The number of rotatable bonds is 5. The summed E-state index contributed by atoms with van der Waals surface area (Å²) < 4.78 is 4.82. The molecule has 1 rings (SSSR count). The molecule has 0 aliphatic heterocycles. The summed E-state index contributed by atoms with van der Waals surface area (Å²) in [5, 5.41) is 2.99. The number of hydrogen-bond donors (Lipinski definition) is 1. The summed E-state index contributed by atoms with van der Waals surface area (Å²) in [5.41, 5.74) is 3.38. The summed E-state index contributed by atoms with van der Waals surface area (Å²) in [6.07, 6.45) is 5.45. The highest BCUT2D eigenvalue weighted by molar-refractivity contribution is 6.87. The van der Waals surface area contributed by atoms with Crippen molar-refractivity contribution in [2.45, 2.75) is 83.5 Å². The van der Waals surface area contributed by atoms with E-state index in [9.17, 15) is 9.59 Å². The zero-order valence-corrected chi connectivity index (χ0v) is 17.1. The van der Waals surface area contributed by atoms with Gasteiger partial charge in [0.25, 0.3) is 0 Å². The number of carbonyl (C=O) groups is 2. The van der Waals surface area contributed by atoms with Gasteiger partial charge in [0, 0.05) is 12.8 Å². The van der Waals surface area contributed by atoms with E-state index in [2.05, 4.69) is 50.6 Å². The van der Waals surface area contributed by atoms with E-state index in [0.29, 0.717) is 18.8 Å². The molecule has 5 heteroatoms. The Bertz CT molecular complexity index is 505. The fourth-order valence-electron chi connectivity index (χ4n) is 2.63. The topological polar surface area (TPSA) is 55.4 Å². The second kappa shape index (κ2) is 8.71. The highest BCUT2D eigenvalue weighted by Gasteiger charge is 2.33. The van der Waals surface area contributed by atoms with Gasteiger partial charge in [-0.25, -0.2) is 4.79 Å². The van der Waals surface area contributed by atoms with E-state index in [1.807, 2.05) is 0 Å². The van der Waals surface area contributed by atoms with Crippen LogP contribution >= 0.6 is 0 Å². The Morgan fingerprint density at radius 1 is 1.25 bits per heavy atom. The lowest BCUT2D eigenvalue weighted by Crippen LogP contribution is -2.42. The van der Waals surface area contributed by atoms with Gasteiger partial charge in [-0.1, -0.05) is 46.7 Å². The lowest BCUT2D eigenvalue weighted by Gasteiger charge is -2.31. The van der Waals surface area contributed by atoms with Gasteiger partial charge in [0.2, 0.25) is 5.91 Å². The minimum absolute atomic E-state index is 0.0635. The van der Waals surface area contributed by atoms with Crippen LogP contribution in [0.4, 0.5) is 0 Å². The van der Waals surface area contributed by atoms with Gasteiger partial charge in [-0.15, -0.1) is 11.5 Å². The van der Waals surface area contributed by atoms with Crippen molar-refractivity contribution in [2.75, 3.05) is 7.11 Å². The molecule has 1 N–H and O–H groups in total. The second-order valence-electron chi connectivity index (χ2n) is 8.38. The van der Waals surface area contributed by atoms with Gasteiger partial charge >= 0.3 is 5.97 Å². The molecule has 1 saturated carbocycles. The van der Waals surface area contributed by atoms with Crippen LogP contribution in [0.3, 0.4) is 0 Å². The first kappa shape index (κ1) is 20.8. The molecule has 1 fully saturated rings. The molecule has 0 spiro atoms. The Labute approximate surface area is 148 Å². The molecule has 0 aromatic carbocycles. The Hall–Kier alpha value is -1.28. The third-order valence-electron chi connectivity index (χ3n) is 5.35. The largest absolute Gasteiger partial charge is 0.467 e. The molecule has 4 nitrogen and oxygen atoms in total. The quantitative estimate of drug-likeness (QED) is 0.467. The number of carbonyl (C=O) groups excluding carboxylic acids is 2. The van der Waals surface area contributed by atoms with Gasteiger partial charge in [0.1, 0.15) is 14.1 Å². The number of hydrogen-bond acceptors (Lipinski definition) is 3. The lowest BCUT2D eigenvalue weighted by atomic mass is 10.0. The van der Waals surface area contributed by atoms with Crippen LogP contribution in [0.15, 0.2) is 0 Å². The van der Waals surface area contributed by atoms with Crippen molar-refractivity contribution in [2.24, 2.45) is 5.92 Å². The van der Waals surface area contributed by atoms with Crippen molar-refractivity contribution >= 4 is 20.0 Å². The van der Waals surface area contributed by atoms with Crippen LogP contribution in [-0.2, 0) is 14.3 Å². The fourth-order valence-corrected chi connectivity index (χ4v) is 3.55. The first-order valence-corrected chi connectivity index (χ1v) is 11.9. The van der Waals surface area contributed by atoms with Crippen LogP contribution in [-0.4, -0.2) is 33.1 Å². The highest BCUT2D eigenvalue weighted by atomic mass is 28.3. The molecular formula is C19H33NO3Si. The predicted octanol–water partition coefficient (Wildman–Crippen LogP) is 3.67. The van der Waals surface area contributed by atoms with Crippen LogP contribution in [0.5, 0.6) is 0 Å². The van der Waals surface area contributed by atoms with Crippen molar-refractivity contribution in [3.63, 3.8) is 0 Å². The van der Waals surface area contributed by atoms with E-state index in [1.54, 1.807) is 0 Å². The van der Waals surface area contributed by atoms with Crippen LogP contribution in [0.1, 0.15) is 59.3 Å². The van der Waals surface area contributed by atoms with Crippen LogP contribution < -0.4 is 5.32 Å². The SMILES string of the molecule is COC(=O)[C@@H](CC#C[Si](C)(C)C(C)(C)C)NC(=O)CC1CCCC1. The first-order valence-electron chi connectivity index (χ1n) is 8.94. The van der Waals surface area contributed by atoms with E-state index in [4.69, 9.17) is 4.74 Å². The summed E-state index contributed by atoms with van der Waals surface area (Å²) >= 11 is 0. The van der Waals surface area contributed by atoms with Gasteiger partial charge in [-0.05, 0) is 23.8 Å². The van der Waals surface area contributed by atoms with Crippen molar-refractivity contribution in [3.05, 3.63) is 0 Å². The molecule has 1 amide bonds. The first-order chi connectivity index (χ1) is 11.1. The Balaban J connectivity index is 2.66. The highest BCUT2D eigenvalue weighted by Crippen LogP contribution is 2.35. The maximum atomic E-state index is 12.2. The molecule has 1 aliphatic rings. The zero-order valence-electron chi connectivity index (χ0n) is 16.1. The fraction of sp³-hybridized carbons (Fsp3) is 0.789. The van der Waals surface area contributed by atoms with Crippen LogP contribution in [0, 0.1) is 17.4 Å². The Morgan fingerprint density at radius 3 is 2.33 bits per heavy atom. The molecule has 0 bridgehead atoms. The predicted molar refractivity (Wildman–Crippen MR) is 100 cm³/mol. The van der Waals surface area contributed by atoms with Gasteiger partial charge in [0.05, 0.1) is 7.11 Å². The second-order valence-corrected chi connectivity index (χ2v) is 13.4. The van der Waals surface area contributed by atoms with Crippen molar-refractivity contribution in [1.29, 1.82) is 0 Å².